The number of carbonyl (C=O) groups is 2. The smallest absolute Gasteiger partial charge is 0.471 e. The molecule has 0 aromatic heterocycles. The molecule has 0 aromatic carbocycles. The van der Waals surface area contributed by atoms with Crippen molar-refractivity contribution in [3.05, 3.63) is 0 Å². The largest absolute Gasteiger partial charge is 0.479 e. The lowest BCUT2D eigenvalue weighted by Gasteiger charge is -2.39. The van der Waals surface area contributed by atoms with E-state index < -0.39 is 23.6 Å². The van der Waals surface area contributed by atoms with E-state index in [-0.39, 0.29) is 13.1 Å². The summed E-state index contributed by atoms with van der Waals surface area (Å²) in [5, 5.41) is 12.5. The molecule has 1 amide bonds. The van der Waals surface area contributed by atoms with Gasteiger partial charge in [-0.2, -0.15) is 13.2 Å². The highest BCUT2D eigenvalue weighted by Gasteiger charge is 2.51. The number of amides is 1. The highest BCUT2D eigenvalue weighted by atomic mass is 19.4. The maximum absolute atomic E-state index is 11.8. The molecule has 80 valence electrons. The lowest BCUT2D eigenvalue weighted by atomic mass is 9.92. The molecule has 0 unspecified atom stereocenters. The molecule has 0 bridgehead atoms. The molecule has 1 aliphatic rings. The number of carboxylic acids is 1. The quantitative estimate of drug-likeness (QED) is 0.553. The molecule has 0 saturated carbocycles. The second-order valence-corrected chi connectivity index (χ2v) is 2.94. The zero-order valence-electron chi connectivity index (χ0n) is 6.81. The molecular formula is C6H7F3N2O3. The van der Waals surface area contributed by atoms with Gasteiger partial charge in [-0.15, -0.1) is 0 Å². The lowest BCUT2D eigenvalue weighted by molar-refractivity contribution is -0.178. The van der Waals surface area contributed by atoms with Crippen LogP contribution in [0.4, 0.5) is 13.2 Å². The third-order valence-corrected chi connectivity index (χ3v) is 1.87. The van der Waals surface area contributed by atoms with Crippen molar-refractivity contribution in [1.29, 1.82) is 0 Å². The fourth-order valence-corrected chi connectivity index (χ4v) is 0.956. The number of hydrogen-bond acceptors (Lipinski definition) is 3. The summed E-state index contributed by atoms with van der Waals surface area (Å²) in [6, 6.07) is 0. The molecule has 5 nitrogen and oxygen atoms in total. The lowest BCUT2D eigenvalue weighted by Crippen LogP contribution is -2.74. The number of halogens is 3. The Balaban J connectivity index is 2.67. The van der Waals surface area contributed by atoms with Gasteiger partial charge < -0.3 is 15.7 Å². The van der Waals surface area contributed by atoms with Crippen LogP contribution in [0.1, 0.15) is 0 Å². The number of hydrogen-bond donors (Lipinski definition) is 3. The Bertz CT molecular complexity index is 272. The van der Waals surface area contributed by atoms with Crippen molar-refractivity contribution in [2.45, 2.75) is 11.7 Å². The first-order valence-corrected chi connectivity index (χ1v) is 3.61. The number of carboxylic acid groups (broad SMARTS) is 1. The molecule has 1 aliphatic heterocycles. The monoisotopic (exact) mass is 212 g/mol. The molecule has 3 N–H and O–H groups in total. The minimum atomic E-state index is -5.06. The van der Waals surface area contributed by atoms with Crippen molar-refractivity contribution in [3.8, 4) is 0 Å². The van der Waals surface area contributed by atoms with Gasteiger partial charge in [-0.05, 0) is 0 Å². The van der Waals surface area contributed by atoms with Crippen LogP contribution in [0.5, 0.6) is 0 Å². The summed E-state index contributed by atoms with van der Waals surface area (Å²) in [6.45, 7) is -0.408. The van der Waals surface area contributed by atoms with Crippen LogP contribution >= 0.6 is 0 Å². The van der Waals surface area contributed by atoms with Gasteiger partial charge in [-0.3, -0.25) is 4.79 Å². The SMILES string of the molecule is O=C(NC1(C(=O)O)CNC1)C(F)(F)F. The Hall–Kier alpha value is -1.31. The first-order chi connectivity index (χ1) is 6.28. The number of rotatable bonds is 2. The van der Waals surface area contributed by atoms with Crippen molar-refractivity contribution in [3.63, 3.8) is 0 Å². The van der Waals surface area contributed by atoms with Gasteiger partial charge in [0.15, 0.2) is 5.54 Å². The summed E-state index contributed by atoms with van der Waals surface area (Å²) in [5.41, 5.74) is -1.81. The van der Waals surface area contributed by atoms with Crippen LogP contribution in [-0.2, 0) is 9.59 Å². The van der Waals surface area contributed by atoms with E-state index >= 15 is 0 Å². The molecule has 1 heterocycles. The van der Waals surface area contributed by atoms with Gasteiger partial charge >= 0.3 is 18.1 Å². The maximum Gasteiger partial charge on any atom is 0.471 e. The van der Waals surface area contributed by atoms with Crippen molar-refractivity contribution in [2.75, 3.05) is 13.1 Å². The van der Waals surface area contributed by atoms with Gasteiger partial charge in [0.25, 0.3) is 0 Å². The fraction of sp³-hybridized carbons (Fsp3) is 0.667. The molecule has 14 heavy (non-hydrogen) atoms. The molecule has 0 atom stereocenters. The molecule has 1 saturated heterocycles. The van der Waals surface area contributed by atoms with E-state index in [1.165, 1.54) is 5.32 Å². The van der Waals surface area contributed by atoms with Crippen molar-refractivity contribution < 1.29 is 27.9 Å². The number of carbonyl (C=O) groups excluding carboxylic acids is 1. The molecular weight excluding hydrogens is 205 g/mol. The Morgan fingerprint density at radius 2 is 1.86 bits per heavy atom. The van der Waals surface area contributed by atoms with Crippen LogP contribution in [0.25, 0.3) is 0 Å². The zero-order valence-corrected chi connectivity index (χ0v) is 6.81. The van der Waals surface area contributed by atoms with E-state index in [4.69, 9.17) is 5.11 Å². The van der Waals surface area contributed by atoms with E-state index in [0.717, 1.165) is 0 Å². The molecule has 8 heteroatoms. The standard InChI is InChI=1S/C6H7F3N2O3/c7-6(8,9)3(12)11-5(4(13)14)1-10-2-5/h10H,1-2H2,(H,11,12)(H,13,14). The molecule has 0 spiro atoms. The molecule has 1 rings (SSSR count). The van der Waals surface area contributed by atoms with E-state index in [2.05, 4.69) is 5.32 Å². The fourth-order valence-electron chi connectivity index (χ4n) is 0.956. The van der Waals surface area contributed by atoms with Crippen LogP contribution in [0.15, 0.2) is 0 Å². The number of aliphatic carboxylic acids is 1. The summed E-state index contributed by atoms with van der Waals surface area (Å²) >= 11 is 0. The number of alkyl halides is 3. The Kier molecular flexibility index (Phi) is 2.40. The minimum Gasteiger partial charge on any atom is -0.479 e. The highest BCUT2D eigenvalue weighted by Crippen LogP contribution is 2.18. The zero-order chi connectivity index (χ0) is 11.0. The van der Waals surface area contributed by atoms with E-state index in [1.807, 2.05) is 0 Å². The molecule has 1 fully saturated rings. The maximum atomic E-state index is 11.8. The summed E-state index contributed by atoms with van der Waals surface area (Å²) in [4.78, 5) is 21.0. The number of nitrogens with one attached hydrogen (secondary N) is 2. The van der Waals surface area contributed by atoms with Gasteiger partial charge in [-0.25, -0.2) is 4.79 Å². The normalized spacial score (nSPS) is 19.6. The van der Waals surface area contributed by atoms with E-state index in [1.54, 1.807) is 0 Å². The van der Waals surface area contributed by atoms with Gasteiger partial charge in [0.2, 0.25) is 0 Å². The van der Waals surface area contributed by atoms with Crippen molar-refractivity contribution in [1.82, 2.24) is 10.6 Å². The molecule has 0 radical (unpaired) electrons. The Morgan fingerprint density at radius 1 is 1.36 bits per heavy atom. The second-order valence-electron chi connectivity index (χ2n) is 2.94. The van der Waals surface area contributed by atoms with E-state index in [0.29, 0.717) is 0 Å². The van der Waals surface area contributed by atoms with Gasteiger partial charge in [0.05, 0.1) is 0 Å². The van der Waals surface area contributed by atoms with Crippen LogP contribution in [0, 0.1) is 0 Å². The highest BCUT2D eigenvalue weighted by molar-refractivity contribution is 5.90. The van der Waals surface area contributed by atoms with Crippen molar-refractivity contribution >= 4 is 11.9 Å². The van der Waals surface area contributed by atoms with Crippen LogP contribution in [0.3, 0.4) is 0 Å². The summed E-state index contributed by atoms with van der Waals surface area (Å²) in [5.74, 6) is -3.71. The summed E-state index contributed by atoms with van der Waals surface area (Å²) in [7, 11) is 0. The molecule has 0 aromatic rings. The average molecular weight is 212 g/mol. The van der Waals surface area contributed by atoms with Gasteiger partial charge in [-0.1, -0.05) is 0 Å². The summed E-state index contributed by atoms with van der Waals surface area (Å²) in [6.07, 6.45) is -5.06. The third-order valence-electron chi connectivity index (χ3n) is 1.87. The minimum absolute atomic E-state index is 0.204. The Morgan fingerprint density at radius 3 is 2.07 bits per heavy atom. The van der Waals surface area contributed by atoms with Crippen LogP contribution in [0.2, 0.25) is 0 Å². The second kappa shape index (κ2) is 3.12. The predicted octanol–water partition coefficient (Wildman–Crippen LogP) is -0.909. The van der Waals surface area contributed by atoms with Gasteiger partial charge in [0.1, 0.15) is 0 Å². The first kappa shape index (κ1) is 10.8. The predicted molar refractivity (Wildman–Crippen MR) is 37.4 cm³/mol. The van der Waals surface area contributed by atoms with Crippen LogP contribution < -0.4 is 10.6 Å². The average Bonchev–Trinajstić information content (AvgIpc) is 1.93. The van der Waals surface area contributed by atoms with Gasteiger partial charge in [0, 0.05) is 13.1 Å². The summed E-state index contributed by atoms with van der Waals surface area (Å²) < 4.78 is 35.3. The van der Waals surface area contributed by atoms with Crippen LogP contribution in [-0.4, -0.2) is 41.8 Å². The molecule has 0 aliphatic carbocycles. The Labute approximate surface area is 76.3 Å². The topological polar surface area (TPSA) is 78.4 Å². The third kappa shape index (κ3) is 1.79. The first-order valence-electron chi connectivity index (χ1n) is 3.61. The van der Waals surface area contributed by atoms with Crippen molar-refractivity contribution in [2.24, 2.45) is 0 Å². The van der Waals surface area contributed by atoms with E-state index in [9.17, 15) is 22.8 Å².